The zero-order chi connectivity index (χ0) is 11.0. The van der Waals surface area contributed by atoms with Crippen molar-refractivity contribution in [2.75, 3.05) is 0 Å². The minimum absolute atomic E-state index is 0.170. The number of aliphatic hydroxyl groups excluding tert-OH is 1. The van der Waals surface area contributed by atoms with Gasteiger partial charge >= 0.3 is 0 Å². The van der Waals surface area contributed by atoms with Gasteiger partial charge in [-0.25, -0.2) is 4.98 Å². The van der Waals surface area contributed by atoms with E-state index in [4.69, 9.17) is 4.42 Å². The Morgan fingerprint density at radius 2 is 2.38 bits per heavy atom. The number of nitrogens with zero attached hydrogens (tertiary/aromatic N) is 2. The molecule has 1 fully saturated rings. The van der Waals surface area contributed by atoms with Crippen LogP contribution in [0, 0.1) is 0 Å². The van der Waals surface area contributed by atoms with Gasteiger partial charge in [0, 0.05) is 18.4 Å². The first-order valence-corrected chi connectivity index (χ1v) is 5.59. The molecule has 0 amide bonds. The molecule has 4 nitrogen and oxygen atoms in total. The van der Waals surface area contributed by atoms with Crippen LogP contribution >= 0.6 is 0 Å². The van der Waals surface area contributed by atoms with Crippen LogP contribution in [0.1, 0.15) is 25.3 Å². The summed E-state index contributed by atoms with van der Waals surface area (Å²) in [6.07, 6.45) is 7.91. The number of hydrogen-bond donors (Lipinski definition) is 1. The van der Waals surface area contributed by atoms with Gasteiger partial charge in [0.2, 0.25) is 0 Å². The molecule has 2 atom stereocenters. The minimum Gasteiger partial charge on any atom is -0.461 e. The second-order valence-electron chi connectivity index (χ2n) is 4.26. The van der Waals surface area contributed by atoms with Gasteiger partial charge < -0.3 is 14.1 Å². The molecule has 84 valence electrons. The number of imidazole rings is 1. The Labute approximate surface area is 93.5 Å². The maximum atomic E-state index is 9.56. The predicted octanol–water partition coefficient (Wildman–Crippen LogP) is 2.23. The highest BCUT2D eigenvalue weighted by Gasteiger charge is 2.26. The Bertz CT molecular complexity index is 461. The topological polar surface area (TPSA) is 51.2 Å². The van der Waals surface area contributed by atoms with E-state index in [2.05, 4.69) is 9.55 Å². The van der Waals surface area contributed by atoms with E-state index in [1.165, 1.54) is 0 Å². The van der Waals surface area contributed by atoms with Crippen LogP contribution in [0.2, 0.25) is 0 Å². The Kier molecular flexibility index (Phi) is 2.29. The van der Waals surface area contributed by atoms with Gasteiger partial charge in [0.05, 0.1) is 12.4 Å². The second-order valence-corrected chi connectivity index (χ2v) is 4.26. The molecule has 3 rings (SSSR count). The molecule has 4 heteroatoms. The largest absolute Gasteiger partial charge is 0.461 e. The lowest BCUT2D eigenvalue weighted by atomic mass is 10.2. The molecule has 0 unspecified atom stereocenters. The third kappa shape index (κ3) is 1.55. The molecule has 16 heavy (non-hydrogen) atoms. The van der Waals surface area contributed by atoms with Crippen molar-refractivity contribution in [2.24, 2.45) is 0 Å². The summed E-state index contributed by atoms with van der Waals surface area (Å²) in [7, 11) is 0. The molecule has 1 aliphatic carbocycles. The maximum Gasteiger partial charge on any atom is 0.176 e. The maximum absolute atomic E-state index is 9.56. The van der Waals surface area contributed by atoms with E-state index in [9.17, 15) is 5.11 Å². The number of furan rings is 1. The standard InChI is InChI=1S/C12H14N2O2/c15-10-4-3-9(8-10)14-6-5-13-12(14)11-2-1-7-16-11/h1-2,5-7,9-10,15H,3-4,8H2/t9-,10+/m1/s1. The lowest BCUT2D eigenvalue weighted by Crippen LogP contribution is -2.07. The summed E-state index contributed by atoms with van der Waals surface area (Å²) in [4.78, 5) is 4.32. The van der Waals surface area contributed by atoms with Crippen molar-refractivity contribution in [3.05, 3.63) is 30.8 Å². The van der Waals surface area contributed by atoms with Crippen LogP contribution < -0.4 is 0 Å². The molecule has 1 N–H and O–H groups in total. The molecule has 0 aromatic carbocycles. The molecule has 0 radical (unpaired) electrons. The van der Waals surface area contributed by atoms with Gasteiger partial charge in [-0.2, -0.15) is 0 Å². The van der Waals surface area contributed by atoms with Gasteiger partial charge in [0.1, 0.15) is 0 Å². The van der Waals surface area contributed by atoms with Crippen LogP contribution in [0.25, 0.3) is 11.6 Å². The minimum atomic E-state index is -0.170. The first-order chi connectivity index (χ1) is 7.84. The fourth-order valence-electron chi connectivity index (χ4n) is 2.39. The number of hydrogen-bond acceptors (Lipinski definition) is 3. The summed E-state index contributed by atoms with van der Waals surface area (Å²) in [5.41, 5.74) is 0. The molecule has 1 aliphatic rings. The molecule has 0 aliphatic heterocycles. The molecular weight excluding hydrogens is 204 g/mol. The third-order valence-corrected chi connectivity index (χ3v) is 3.18. The monoisotopic (exact) mass is 218 g/mol. The highest BCUT2D eigenvalue weighted by molar-refractivity contribution is 5.47. The van der Waals surface area contributed by atoms with Crippen LogP contribution in [-0.4, -0.2) is 20.8 Å². The van der Waals surface area contributed by atoms with Crippen molar-refractivity contribution in [1.29, 1.82) is 0 Å². The van der Waals surface area contributed by atoms with Gasteiger partial charge in [-0.1, -0.05) is 0 Å². The Balaban J connectivity index is 1.94. The zero-order valence-corrected chi connectivity index (χ0v) is 8.91. The molecular formula is C12H14N2O2. The van der Waals surface area contributed by atoms with E-state index < -0.39 is 0 Å². The predicted molar refractivity (Wildman–Crippen MR) is 58.8 cm³/mol. The smallest absolute Gasteiger partial charge is 0.176 e. The van der Waals surface area contributed by atoms with Gasteiger partial charge in [0.25, 0.3) is 0 Å². The number of rotatable bonds is 2. The Hall–Kier alpha value is -1.55. The van der Waals surface area contributed by atoms with Crippen molar-refractivity contribution in [3.63, 3.8) is 0 Å². The molecule has 2 aromatic rings. The van der Waals surface area contributed by atoms with Gasteiger partial charge in [-0.05, 0) is 31.4 Å². The van der Waals surface area contributed by atoms with Crippen LogP contribution in [0.4, 0.5) is 0 Å². The Morgan fingerprint density at radius 1 is 1.44 bits per heavy atom. The van der Waals surface area contributed by atoms with Gasteiger partial charge in [-0.3, -0.25) is 0 Å². The molecule has 1 saturated carbocycles. The van der Waals surface area contributed by atoms with E-state index in [1.807, 2.05) is 18.3 Å². The second kappa shape index (κ2) is 3.79. The summed E-state index contributed by atoms with van der Waals surface area (Å²) in [5, 5.41) is 9.56. The normalized spacial score (nSPS) is 25.1. The number of aliphatic hydroxyl groups is 1. The van der Waals surface area contributed by atoms with Gasteiger partial charge in [0.15, 0.2) is 11.6 Å². The van der Waals surface area contributed by atoms with Gasteiger partial charge in [-0.15, -0.1) is 0 Å². The van der Waals surface area contributed by atoms with E-state index in [0.717, 1.165) is 30.8 Å². The Morgan fingerprint density at radius 3 is 3.06 bits per heavy atom. The third-order valence-electron chi connectivity index (χ3n) is 3.18. The fraction of sp³-hybridized carbons (Fsp3) is 0.417. The van der Waals surface area contributed by atoms with E-state index in [-0.39, 0.29) is 6.10 Å². The zero-order valence-electron chi connectivity index (χ0n) is 8.91. The van der Waals surface area contributed by atoms with Crippen molar-refractivity contribution in [3.8, 4) is 11.6 Å². The van der Waals surface area contributed by atoms with Crippen molar-refractivity contribution >= 4 is 0 Å². The fourth-order valence-corrected chi connectivity index (χ4v) is 2.39. The average Bonchev–Trinajstić information content (AvgIpc) is 2.96. The van der Waals surface area contributed by atoms with Crippen LogP contribution in [0.15, 0.2) is 35.2 Å². The molecule has 0 spiro atoms. The van der Waals surface area contributed by atoms with Crippen LogP contribution in [0.3, 0.4) is 0 Å². The van der Waals surface area contributed by atoms with E-state index in [1.54, 1.807) is 12.5 Å². The van der Waals surface area contributed by atoms with E-state index >= 15 is 0 Å². The molecule has 2 heterocycles. The summed E-state index contributed by atoms with van der Waals surface area (Å²) < 4.78 is 7.47. The van der Waals surface area contributed by atoms with Crippen molar-refractivity contribution in [1.82, 2.24) is 9.55 Å². The lowest BCUT2D eigenvalue weighted by molar-refractivity contribution is 0.178. The highest BCUT2D eigenvalue weighted by Crippen LogP contribution is 2.33. The lowest BCUT2D eigenvalue weighted by Gasteiger charge is -2.13. The highest BCUT2D eigenvalue weighted by atomic mass is 16.3. The van der Waals surface area contributed by atoms with Crippen LogP contribution in [0.5, 0.6) is 0 Å². The molecule has 0 bridgehead atoms. The first kappa shape index (κ1) is 9.66. The van der Waals surface area contributed by atoms with Crippen molar-refractivity contribution in [2.45, 2.75) is 31.4 Å². The average molecular weight is 218 g/mol. The first-order valence-electron chi connectivity index (χ1n) is 5.59. The summed E-state index contributed by atoms with van der Waals surface area (Å²) in [6, 6.07) is 4.11. The summed E-state index contributed by atoms with van der Waals surface area (Å²) in [6.45, 7) is 0. The summed E-state index contributed by atoms with van der Waals surface area (Å²) >= 11 is 0. The van der Waals surface area contributed by atoms with Crippen LogP contribution in [-0.2, 0) is 0 Å². The SMILES string of the molecule is O[C@H]1CC[C@@H](n2ccnc2-c2ccco2)C1. The number of aromatic nitrogens is 2. The molecule has 2 aromatic heterocycles. The van der Waals surface area contributed by atoms with E-state index in [0.29, 0.717) is 6.04 Å². The van der Waals surface area contributed by atoms with Crippen molar-refractivity contribution < 1.29 is 9.52 Å². The molecule has 0 saturated heterocycles. The summed E-state index contributed by atoms with van der Waals surface area (Å²) in [5.74, 6) is 1.63. The quantitative estimate of drug-likeness (QED) is 0.840.